The SMILES string of the molecule is Cc1ccc(S(=O)(=O)O/C(=C(/F)C(F)(F)F)C(O)c2ccccc2)cc1. The van der Waals surface area contributed by atoms with Crippen LogP contribution in [-0.4, -0.2) is 19.7 Å². The van der Waals surface area contributed by atoms with E-state index < -0.39 is 38.9 Å². The number of aliphatic hydroxyl groups is 1. The first-order chi connectivity index (χ1) is 12.0. The molecule has 0 amide bonds. The highest BCUT2D eigenvalue weighted by Crippen LogP contribution is 2.37. The van der Waals surface area contributed by atoms with Crippen LogP contribution in [0.3, 0.4) is 0 Å². The molecule has 0 aliphatic carbocycles. The van der Waals surface area contributed by atoms with Crippen LogP contribution in [0.2, 0.25) is 0 Å². The maximum Gasteiger partial charge on any atom is 0.446 e. The minimum Gasteiger partial charge on any atom is -0.380 e. The predicted octanol–water partition coefficient (Wildman–Crippen LogP) is 4.18. The average molecular weight is 390 g/mol. The molecule has 2 rings (SSSR count). The Labute approximate surface area is 147 Å². The second-order valence-corrected chi connectivity index (χ2v) is 6.89. The minimum absolute atomic E-state index is 0.166. The van der Waals surface area contributed by atoms with E-state index >= 15 is 0 Å². The molecule has 0 heterocycles. The number of aliphatic hydroxyl groups excluding tert-OH is 1. The molecule has 2 aromatic rings. The van der Waals surface area contributed by atoms with E-state index in [1.54, 1.807) is 6.92 Å². The molecular weight excluding hydrogens is 376 g/mol. The fourth-order valence-electron chi connectivity index (χ4n) is 2.00. The molecule has 1 atom stereocenters. The summed E-state index contributed by atoms with van der Waals surface area (Å²) in [6.07, 6.45) is -7.80. The van der Waals surface area contributed by atoms with Gasteiger partial charge in [-0.05, 0) is 24.6 Å². The lowest BCUT2D eigenvalue weighted by Gasteiger charge is -2.18. The molecule has 4 nitrogen and oxygen atoms in total. The zero-order valence-electron chi connectivity index (χ0n) is 13.4. The maximum atomic E-state index is 13.8. The second kappa shape index (κ2) is 7.46. The minimum atomic E-state index is -5.53. The van der Waals surface area contributed by atoms with Crippen LogP contribution in [0, 0.1) is 6.92 Å². The first kappa shape index (κ1) is 19.9. The third kappa shape index (κ3) is 4.61. The van der Waals surface area contributed by atoms with Gasteiger partial charge in [-0.1, -0.05) is 48.0 Å². The van der Waals surface area contributed by atoms with Gasteiger partial charge in [-0.15, -0.1) is 0 Å². The van der Waals surface area contributed by atoms with Crippen molar-refractivity contribution in [1.29, 1.82) is 0 Å². The lowest BCUT2D eigenvalue weighted by Crippen LogP contribution is -2.19. The monoisotopic (exact) mass is 390 g/mol. The van der Waals surface area contributed by atoms with Crippen molar-refractivity contribution in [1.82, 2.24) is 0 Å². The molecule has 0 bridgehead atoms. The molecule has 1 unspecified atom stereocenters. The highest BCUT2D eigenvalue weighted by atomic mass is 32.2. The molecule has 0 fully saturated rings. The van der Waals surface area contributed by atoms with Gasteiger partial charge in [0.1, 0.15) is 11.0 Å². The van der Waals surface area contributed by atoms with Gasteiger partial charge >= 0.3 is 16.3 Å². The molecule has 0 aliphatic rings. The smallest absolute Gasteiger partial charge is 0.380 e. The number of hydrogen-bond acceptors (Lipinski definition) is 4. The first-order valence-corrected chi connectivity index (χ1v) is 8.64. The van der Waals surface area contributed by atoms with Crippen LogP contribution in [0.15, 0.2) is 71.1 Å². The number of rotatable bonds is 5. The highest BCUT2D eigenvalue weighted by molar-refractivity contribution is 7.86. The second-order valence-electron chi connectivity index (χ2n) is 5.34. The molecule has 1 N–H and O–H groups in total. The molecule has 2 aromatic carbocycles. The zero-order valence-corrected chi connectivity index (χ0v) is 14.2. The van der Waals surface area contributed by atoms with Crippen LogP contribution in [0.1, 0.15) is 17.2 Å². The van der Waals surface area contributed by atoms with Crippen molar-refractivity contribution in [3.05, 3.63) is 77.3 Å². The quantitative estimate of drug-likeness (QED) is 0.473. The third-order valence-corrected chi connectivity index (χ3v) is 4.59. The summed E-state index contributed by atoms with van der Waals surface area (Å²) >= 11 is 0. The fourth-order valence-corrected chi connectivity index (χ4v) is 2.97. The summed E-state index contributed by atoms with van der Waals surface area (Å²) in [5.41, 5.74) is 0.534. The average Bonchev–Trinajstić information content (AvgIpc) is 2.59. The van der Waals surface area contributed by atoms with Gasteiger partial charge in [0.25, 0.3) is 0 Å². The summed E-state index contributed by atoms with van der Waals surface area (Å²) in [5.74, 6) is -4.58. The van der Waals surface area contributed by atoms with E-state index in [0.717, 1.165) is 12.1 Å². The Morgan fingerprint density at radius 1 is 1.04 bits per heavy atom. The third-order valence-electron chi connectivity index (χ3n) is 3.34. The summed E-state index contributed by atoms with van der Waals surface area (Å²) in [7, 11) is -4.79. The van der Waals surface area contributed by atoms with Gasteiger partial charge in [-0.2, -0.15) is 26.0 Å². The summed E-state index contributed by atoms with van der Waals surface area (Å²) in [6.45, 7) is 1.67. The Kier molecular flexibility index (Phi) is 5.72. The number of aryl methyl sites for hydroxylation is 1. The Morgan fingerprint density at radius 3 is 2.08 bits per heavy atom. The molecule has 140 valence electrons. The van der Waals surface area contributed by atoms with E-state index in [9.17, 15) is 31.1 Å². The molecule has 0 radical (unpaired) electrons. The molecule has 0 saturated carbocycles. The van der Waals surface area contributed by atoms with E-state index in [1.807, 2.05) is 0 Å². The molecule has 0 spiro atoms. The fraction of sp³-hybridized carbons (Fsp3) is 0.176. The van der Waals surface area contributed by atoms with Crippen LogP contribution in [0.25, 0.3) is 0 Å². The summed E-state index contributed by atoms with van der Waals surface area (Å²) < 4.78 is 81.0. The van der Waals surface area contributed by atoms with E-state index in [1.165, 1.54) is 42.5 Å². The predicted molar refractivity (Wildman–Crippen MR) is 85.0 cm³/mol. The highest BCUT2D eigenvalue weighted by Gasteiger charge is 2.42. The molecule has 26 heavy (non-hydrogen) atoms. The first-order valence-electron chi connectivity index (χ1n) is 7.23. The van der Waals surface area contributed by atoms with Gasteiger partial charge in [0.2, 0.25) is 5.83 Å². The van der Waals surface area contributed by atoms with Crippen molar-refractivity contribution in [2.24, 2.45) is 0 Å². The summed E-state index contributed by atoms with van der Waals surface area (Å²) in [6, 6.07) is 11.7. The van der Waals surface area contributed by atoms with Gasteiger partial charge in [0.05, 0.1) is 0 Å². The Balaban J connectivity index is 2.50. The molecular formula is C17H14F4O4S. The van der Waals surface area contributed by atoms with Crippen LogP contribution >= 0.6 is 0 Å². The summed E-state index contributed by atoms with van der Waals surface area (Å²) in [5, 5.41) is 10.1. The van der Waals surface area contributed by atoms with Gasteiger partial charge < -0.3 is 9.29 Å². The molecule has 9 heteroatoms. The normalized spacial score (nSPS) is 14.5. The molecule has 0 aromatic heterocycles. The van der Waals surface area contributed by atoms with E-state index in [0.29, 0.717) is 5.56 Å². The number of allylic oxidation sites excluding steroid dienone is 1. The van der Waals surface area contributed by atoms with Crippen LogP contribution < -0.4 is 0 Å². The Bertz CT molecular complexity index is 889. The zero-order chi connectivity index (χ0) is 19.5. The van der Waals surface area contributed by atoms with E-state index in [-0.39, 0.29) is 5.56 Å². The lowest BCUT2D eigenvalue weighted by atomic mass is 10.1. The van der Waals surface area contributed by atoms with E-state index in [4.69, 9.17) is 0 Å². The van der Waals surface area contributed by atoms with Crippen molar-refractivity contribution < 1.29 is 35.3 Å². The lowest BCUT2D eigenvalue weighted by molar-refractivity contribution is -0.113. The van der Waals surface area contributed by atoms with Crippen LogP contribution in [0.5, 0.6) is 0 Å². The van der Waals surface area contributed by atoms with Crippen molar-refractivity contribution >= 4 is 10.1 Å². The van der Waals surface area contributed by atoms with Gasteiger partial charge in [0, 0.05) is 0 Å². The van der Waals surface area contributed by atoms with Crippen LogP contribution in [-0.2, 0) is 14.3 Å². The van der Waals surface area contributed by atoms with Gasteiger partial charge in [0.15, 0.2) is 5.76 Å². The van der Waals surface area contributed by atoms with Crippen molar-refractivity contribution in [3.63, 3.8) is 0 Å². The van der Waals surface area contributed by atoms with Crippen molar-refractivity contribution in [2.45, 2.75) is 24.1 Å². The van der Waals surface area contributed by atoms with Crippen LogP contribution in [0.4, 0.5) is 17.6 Å². The van der Waals surface area contributed by atoms with E-state index in [2.05, 4.69) is 4.18 Å². The standard InChI is InChI=1S/C17H14F4O4S/c1-11-7-9-13(10-8-11)26(23,24)25-15(16(18)17(19,20)21)14(22)12-5-3-2-4-6-12/h2-10,14,22H,1H3/b16-15+. The Morgan fingerprint density at radius 2 is 1.58 bits per heavy atom. The number of benzene rings is 2. The molecule has 0 saturated heterocycles. The van der Waals surface area contributed by atoms with Gasteiger partial charge in [-0.25, -0.2) is 0 Å². The summed E-state index contributed by atoms with van der Waals surface area (Å²) in [4.78, 5) is -0.476. The molecule has 0 aliphatic heterocycles. The van der Waals surface area contributed by atoms with Gasteiger partial charge in [-0.3, -0.25) is 0 Å². The van der Waals surface area contributed by atoms with Crippen molar-refractivity contribution in [3.8, 4) is 0 Å². The largest absolute Gasteiger partial charge is 0.446 e. The number of alkyl halides is 3. The maximum absolute atomic E-state index is 13.8. The number of hydrogen-bond donors (Lipinski definition) is 1. The topological polar surface area (TPSA) is 63.6 Å². The Hall–Kier alpha value is -2.39. The van der Waals surface area contributed by atoms with Crippen molar-refractivity contribution in [2.75, 3.05) is 0 Å². The number of halogens is 4.